The van der Waals surface area contributed by atoms with Crippen LogP contribution in [0.1, 0.15) is 0 Å². The number of hydrogen-bond acceptors (Lipinski definition) is 14. The summed E-state index contributed by atoms with van der Waals surface area (Å²) < 4.78 is 0. The Morgan fingerprint density at radius 2 is 0.469 bits per heavy atom. The minimum Gasteiger partial charge on any atom is -0.179 e. The molecule has 32 heavy (non-hydrogen) atoms. The quantitative estimate of drug-likeness (QED) is 0.0434. The van der Waals surface area contributed by atoms with E-state index < -0.39 is 0 Å². The second-order valence-electron chi connectivity index (χ2n) is 5.47. The summed E-state index contributed by atoms with van der Waals surface area (Å²) in [6.45, 7) is 0. The maximum absolute atomic E-state index is 4.24. The summed E-state index contributed by atoms with van der Waals surface area (Å²) in [5.74, 6) is 22.4. The van der Waals surface area contributed by atoms with Gasteiger partial charge < -0.3 is 0 Å². The molecule has 0 saturated carbocycles. The Morgan fingerprint density at radius 3 is 0.719 bits per heavy atom. The van der Waals surface area contributed by atoms with Gasteiger partial charge in [0.25, 0.3) is 0 Å². The molecule has 0 spiro atoms. The molecule has 0 rings (SSSR count). The van der Waals surface area contributed by atoms with Crippen molar-refractivity contribution in [3.8, 4) is 0 Å². The van der Waals surface area contributed by atoms with Crippen LogP contribution in [0.2, 0.25) is 0 Å². The van der Waals surface area contributed by atoms with Gasteiger partial charge in [0.1, 0.15) is 0 Å². The molecule has 194 valence electrons. The molecule has 0 saturated heterocycles. The maximum atomic E-state index is 4.24. The lowest BCUT2D eigenvalue weighted by molar-refractivity contribution is 1.49. The first kappa shape index (κ1) is 36.9. The zero-order chi connectivity index (χ0) is 23.2. The van der Waals surface area contributed by atoms with Crippen LogP contribution in [0.3, 0.4) is 0 Å². The van der Waals surface area contributed by atoms with E-state index in [1.807, 2.05) is 54.9 Å². The molecule has 0 radical (unpaired) electrons. The number of thiol groups is 2. The van der Waals surface area contributed by atoms with Crippen molar-refractivity contribution in [2.24, 2.45) is 0 Å². The minimum atomic E-state index is 0.991. The third kappa shape index (κ3) is 34.9. The molecule has 0 amide bonds. The Hall–Kier alpha value is 4.90. The van der Waals surface area contributed by atoms with Crippen LogP contribution in [0.15, 0.2) is 0 Å². The first-order valence-corrected chi connectivity index (χ1v) is 26.3. The van der Waals surface area contributed by atoms with Gasteiger partial charge in [0.05, 0.1) is 0 Å². The van der Waals surface area contributed by atoms with Gasteiger partial charge in [-0.1, -0.05) is 86.4 Å². The van der Waals surface area contributed by atoms with Crippen LogP contribution in [0.25, 0.3) is 0 Å². The summed E-state index contributed by atoms with van der Waals surface area (Å²) in [6.07, 6.45) is 0. The molecule has 0 aliphatic rings. The van der Waals surface area contributed by atoms with Gasteiger partial charge in [-0.25, -0.2) is 0 Å². The second-order valence-corrected chi connectivity index (χ2v) is 22.1. The van der Waals surface area contributed by atoms with E-state index in [4.69, 9.17) is 0 Å². The summed E-state index contributed by atoms with van der Waals surface area (Å²) in [5.41, 5.74) is 0. The Bertz CT molecular complexity index is 296. The normalized spacial score (nSPS) is 11.4. The molecule has 0 bridgehead atoms. The van der Waals surface area contributed by atoms with E-state index in [1.165, 1.54) is 86.3 Å². The molecular formula is C18H38S14. The molecule has 0 nitrogen and oxygen atoms in total. The smallest absolute Gasteiger partial charge is 0.0128 e. The van der Waals surface area contributed by atoms with Crippen molar-refractivity contribution in [2.45, 2.75) is 0 Å². The lowest BCUT2D eigenvalue weighted by Gasteiger charge is -2.04. The molecule has 0 unspecified atom stereocenters. The topological polar surface area (TPSA) is 0 Å². The van der Waals surface area contributed by atoms with Crippen molar-refractivity contribution in [3.63, 3.8) is 0 Å². The average molecular weight is 703 g/mol. The fourth-order valence-electron chi connectivity index (χ4n) is 1.63. The van der Waals surface area contributed by atoms with E-state index in [0.29, 0.717) is 0 Å². The predicted octanol–water partition coefficient (Wildman–Crippen LogP) is 9.30. The summed E-state index contributed by atoms with van der Waals surface area (Å²) in [4.78, 5) is 0. The van der Waals surface area contributed by atoms with Crippen LogP contribution in [0.4, 0.5) is 0 Å². The first-order valence-electron chi connectivity index (χ1n) is 10.4. The van der Waals surface area contributed by atoms with Crippen LogP contribution in [-0.4, -0.2) is 104 Å². The minimum absolute atomic E-state index is 0.991. The van der Waals surface area contributed by atoms with E-state index in [2.05, 4.69) is 104 Å². The highest BCUT2D eigenvalue weighted by atomic mass is 33.1. The van der Waals surface area contributed by atoms with Crippen molar-refractivity contribution in [3.05, 3.63) is 0 Å². The molecule has 0 aromatic carbocycles. The van der Waals surface area contributed by atoms with Gasteiger partial charge in [0, 0.05) is 97.8 Å². The van der Waals surface area contributed by atoms with E-state index >= 15 is 0 Å². The molecule has 0 aromatic rings. The molecular weight excluding hydrogens is 665 g/mol. The second kappa shape index (κ2) is 35.9. The SMILES string of the molecule is SCCSCCSSCCSCCSSCCSCCSSCCSCCSSCCS. The van der Waals surface area contributed by atoms with Crippen LogP contribution < -0.4 is 0 Å². The number of hydrogen-bond donors (Lipinski definition) is 2. The Kier molecular flexibility index (Phi) is 41.4. The average Bonchev–Trinajstić information content (AvgIpc) is 2.81. The third-order valence-corrected chi connectivity index (χ3v) is 19.4. The summed E-state index contributed by atoms with van der Waals surface area (Å²) >= 11 is 16.8. The van der Waals surface area contributed by atoms with Crippen LogP contribution in [0.5, 0.6) is 0 Å². The van der Waals surface area contributed by atoms with Crippen molar-refractivity contribution in [1.82, 2.24) is 0 Å². The Labute approximate surface area is 258 Å². The molecule has 0 aliphatic carbocycles. The third-order valence-electron chi connectivity index (χ3n) is 2.92. The van der Waals surface area contributed by atoms with Gasteiger partial charge in [-0.05, 0) is 5.75 Å². The molecule has 0 atom stereocenters. The van der Waals surface area contributed by atoms with Crippen molar-refractivity contribution in [1.29, 1.82) is 0 Å². The van der Waals surface area contributed by atoms with Gasteiger partial charge in [-0.3, -0.25) is 0 Å². The van der Waals surface area contributed by atoms with Crippen LogP contribution in [0, 0.1) is 0 Å². The molecule has 0 fully saturated rings. The fraction of sp³-hybridized carbons (Fsp3) is 1.00. The van der Waals surface area contributed by atoms with Crippen LogP contribution >= 0.6 is 159 Å². The summed E-state index contributed by atoms with van der Waals surface area (Å²) in [6, 6.07) is 0. The summed E-state index contributed by atoms with van der Waals surface area (Å²) in [5, 5.41) is 0. The highest BCUT2D eigenvalue weighted by Crippen LogP contribution is 2.27. The van der Waals surface area contributed by atoms with Crippen molar-refractivity contribution in [2.75, 3.05) is 104 Å². The standard InChI is InChI=1S/C18H38S14/c19-1-3-21-5-12-27-28-14-8-23-9-16-31-32-18-11-24-10-17-30-29-15-7-22-6-13-26-25-4-2-20/h19-20H,1-18H2. The van der Waals surface area contributed by atoms with Gasteiger partial charge in [-0.15, -0.1) is 0 Å². The lowest BCUT2D eigenvalue weighted by atomic mass is 10.9. The Balaban J connectivity index is 2.98. The van der Waals surface area contributed by atoms with Gasteiger partial charge in [0.15, 0.2) is 0 Å². The van der Waals surface area contributed by atoms with E-state index in [1.54, 1.807) is 0 Å². The molecule has 0 heterocycles. The van der Waals surface area contributed by atoms with E-state index in [9.17, 15) is 0 Å². The highest BCUT2D eigenvalue weighted by Gasteiger charge is 1.97. The largest absolute Gasteiger partial charge is 0.179 e. The van der Waals surface area contributed by atoms with Crippen molar-refractivity contribution < 1.29 is 0 Å². The highest BCUT2D eigenvalue weighted by molar-refractivity contribution is 8.77. The summed E-state index contributed by atoms with van der Waals surface area (Å²) in [7, 11) is 16.3. The predicted molar refractivity (Wildman–Crippen MR) is 197 cm³/mol. The van der Waals surface area contributed by atoms with Crippen molar-refractivity contribution >= 4 is 159 Å². The molecule has 0 aliphatic heterocycles. The monoisotopic (exact) mass is 702 g/mol. The molecule has 0 aromatic heterocycles. The van der Waals surface area contributed by atoms with Gasteiger partial charge >= 0.3 is 0 Å². The molecule has 14 heteroatoms. The zero-order valence-corrected chi connectivity index (χ0v) is 30.1. The maximum Gasteiger partial charge on any atom is 0.0128 e. The number of thioether (sulfide) groups is 4. The van der Waals surface area contributed by atoms with E-state index in [0.717, 1.165) is 17.3 Å². The Morgan fingerprint density at radius 1 is 0.250 bits per heavy atom. The van der Waals surface area contributed by atoms with Gasteiger partial charge in [0.2, 0.25) is 0 Å². The molecule has 0 N–H and O–H groups in total. The fourth-order valence-corrected chi connectivity index (χ4v) is 17.2. The lowest BCUT2D eigenvalue weighted by Crippen LogP contribution is -1.91. The van der Waals surface area contributed by atoms with Gasteiger partial charge in [-0.2, -0.15) is 72.3 Å². The first-order chi connectivity index (χ1) is 15.9. The van der Waals surface area contributed by atoms with Crippen LogP contribution in [-0.2, 0) is 0 Å². The number of rotatable bonds is 29. The van der Waals surface area contributed by atoms with E-state index in [-0.39, 0.29) is 0 Å². The zero-order valence-electron chi connectivity index (χ0n) is 18.5.